The fourth-order valence-electron chi connectivity index (χ4n) is 2.84. The van der Waals surface area contributed by atoms with Crippen molar-refractivity contribution < 1.29 is 35.6 Å². The summed E-state index contributed by atoms with van der Waals surface area (Å²) in [5, 5.41) is 6.04. The van der Waals surface area contributed by atoms with E-state index in [0.717, 1.165) is 34.6 Å². The Morgan fingerprint density at radius 3 is 2.32 bits per heavy atom. The highest BCUT2D eigenvalue weighted by Crippen LogP contribution is 2.31. The first-order valence-corrected chi connectivity index (χ1v) is 10.5. The number of nitrogens with one attached hydrogen (secondary N) is 1. The van der Waals surface area contributed by atoms with Gasteiger partial charge in [0.05, 0.1) is 16.2 Å². The van der Waals surface area contributed by atoms with Gasteiger partial charge < -0.3 is 0 Å². The van der Waals surface area contributed by atoms with Gasteiger partial charge in [-0.25, -0.2) is 17.6 Å². The van der Waals surface area contributed by atoms with Gasteiger partial charge in [0, 0.05) is 31.6 Å². The molecule has 0 spiro atoms. The van der Waals surface area contributed by atoms with E-state index in [4.69, 9.17) is 4.84 Å². The van der Waals surface area contributed by atoms with Crippen LogP contribution in [0, 0.1) is 5.82 Å². The summed E-state index contributed by atoms with van der Waals surface area (Å²) in [4.78, 5) is 16.0. The summed E-state index contributed by atoms with van der Waals surface area (Å²) in [6.45, 7) is -0.0549. The molecule has 1 aliphatic rings. The molecule has 1 amide bonds. The minimum atomic E-state index is -4.65. The number of piperidine rings is 1. The average molecular weight is 459 g/mol. The molecule has 0 aliphatic carbocycles. The number of amides is 1. The lowest BCUT2D eigenvalue weighted by Crippen LogP contribution is -2.38. The van der Waals surface area contributed by atoms with Gasteiger partial charge in [0.25, 0.3) is 0 Å². The van der Waals surface area contributed by atoms with Crippen LogP contribution in [0.2, 0.25) is 0 Å². The third kappa shape index (κ3) is 5.79. The number of carbonyl (C=O) groups is 1. The van der Waals surface area contributed by atoms with Crippen LogP contribution >= 0.6 is 0 Å². The number of oxime groups is 1. The molecule has 1 fully saturated rings. The standard InChI is InChI=1S/C19H17F4N3O4S/c20-14-4-6-15(7-5-14)24-18(27)30-25-16-8-10-26(11-9-16)31(28,29)17-3-1-2-13(12-17)19(21,22)23/h1-7,12H,8-11H2,(H,24,27). The molecule has 0 aromatic heterocycles. The number of halogens is 4. The number of anilines is 1. The molecule has 2 aromatic rings. The van der Waals surface area contributed by atoms with Crippen LogP contribution in [0.4, 0.5) is 28.0 Å². The number of benzene rings is 2. The monoisotopic (exact) mass is 459 g/mol. The lowest BCUT2D eigenvalue weighted by atomic mass is 10.1. The van der Waals surface area contributed by atoms with Crippen LogP contribution in [0.25, 0.3) is 0 Å². The minimum absolute atomic E-state index is 0.0274. The number of nitrogens with zero attached hydrogens (tertiary/aromatic N) is 2. The van der Waals surface area contributed by atoms with Gasteiger partial charge in [0.15, 0.2) is 0 Å². The second kappa shape index (κ2) is 9.02. The molecule has 0 unspecified atom stereocenters. The van der Waals surface area contributed by atoms with Crippen molar-refractivity contribution in [2.45, 2.75) is 23.9 Å². The smallest absolute Gasteiger partial charge is 0.298 e. The normalized spacial score (nSPS) is 15.4. The Hall–Kier alpha value is -2.99. The van der Waals surface area contributed by atoms with E-state index in [9.17, 15) is 30.8 Å². The Balaban J connectivity index is 1.58. The van der Waals surface area contributed by atoms with E-state index in [2.05, 4.69) is 10.5 Å². The van der Waals surface area contributed by atoms with Gasteiger partial charge in [-0.3, -0.25) is 10.2 Å². The summed E-state index contributed by atoms with van der Waals surface area (Å²) in [5.74, 6) is -0.467. The first-order chi connectivity index (χ1) is 14.6. The molecule has 1 saturated heterocycles. The topological polar surface area (TPSA) is 88.1 Å². The number of rotatable bonds is 4. The van der Waals surface area contributed by atoms with Crippen molar-refractivity contribution in [1.29, 1.82) is 0 Å². The maximum Gasteiger partial charge on any atom is 0.437 e. The molecule has 31 heavy (non-hydrogen) atoms. The highest BCUT2D eigenvalue weighted by molar-refractivity contribution is 7.89. The Kier molecular flexibility index (Phi) is 6.60. The van der Waals surface area contributed by atoms with Crippen LogP contribution < -0.4 is 5.32 Å². The summed E-state index contributed by atoms with van der Waals surface area (Å²) < 4.78 is 77.8. The second-order valence-electron chi connectivity index (χ2n) is 6.60. The maximum absolute atomic E-state index is 12.9. The molecule has 0 atom stereocenters. The molecule has 2 aromatic carbocycles. The van der Waals surface area contributed by atoms with Crippen molar-refractivity contribution in [3.05, 3.63) is 59.9 Å². The van der Waals surface area contributed by atoms with Crippen LogP contribution in [-0.4, -0.2) is 37.6 Å². The first-order valence-electron chi connectivity index (χ1n) is 9.02. The number of hydrogen-bond donors (Lipinski definition) is 1. The minimum Gasteiger partial charge on any atom is -0.298 e. The van der Waals surface area contributed by atoms with E-state index in [-0.39, 0.29) is 25.9 Å². The maximum atomic E-state index is 12.9. The zero-order valence-corrected chi connectivity index (χ0v) is 16.7. The molecule has 1 N–H and O–H groups in total. The van der Waals surface area contributed by atoms with Gasteiger partial charge in [-0.15, -0.1) is 0 Å². The molecular weight excluding hydrogens is 442 g/mol. The molecule has 0 radical (unpaired) electrons. The summed E-state index contributed by atoms with van der Waals surface area (Å²) in [5.41, 5.74) is -0.327. The molecule has 166 valence electrons. The summed E-state index contributed by atoms with van der Waals surface area (Å²) in [6, 6.07) is 8.53. The SMILES string of the molecule is O=C(Nc1ccc(F)cc1)ON=C1CCN(S(=O)(=O)c2cccc(C(F)(F)F)c2)CC1. The zero-order valence-electron chi connectivity index (χ0n) is 15.9. The van der Waals surface area contributed by atoms with E-state index < -0.39 is 38.6 Å². The van der Waals surface area contributed by atoms with Crippen LogP contribution in [-0.2, 0) is 21.0 Å². The number of carbonyl (C=O) groups excluding carboxylic acids is 1. The third-order valence-electron chi connectivity index (χ3n) is 4.45. The van der Waals surface area contributed by atoms with E-state index >= 15 is 0 Å². The summed E-state index contributed by atoms with van der Waals surface area (Å²) in [7, 11) is -4.12. The largest absolute Gasteiger partial charge is 0.437 e. The van der Waals surface area contributed by atoms with Crippen molar-refractivity contribution in [2.24, 2.45) is 5.16 Å². The Morgan fingerprint density at radius 2 is 1.71 bits per heavy atom. The number of alkyl halides is 3. The molecule has 3 rings (SSSR count). The van der Waals surface area contributed by atoms with E-state index in [0.29, 0.717) is 17.5 Å². The molecule has 1 heterocycles. The molecule has 0 saturated carbocycles. The summed E-state index contributed by atoms with van der Waals surface area (Å²) in [6.07, 6.45) is -5.28. The molecule has 0 bridgehead atoms. The van der Waals surface area contributed by atoms with Crippen molar-refractivity contribution in [1.82, 2.24) is 4.31 Å². The Labute approximate surface area is 175 Å². The van der Waals surface area contributed by atoms with Gasteiger partial charge in [0.1, 0.15) is 5.82 Å². The van der Waals surface area contributed by atoms with E-state index in [1.165, 1.54) is 12.1 Å². The predicted molar refractivity (Wildman–Crippen MR) is 103 cm³/mol. The quantitative estimate of drug-likeness (QED) is 0.421. The van der Waals surface area contributed by atoms with E-state index in [1.54, 1.807) is 0 Å². The fraction of sp³-hybridized carbons (Fsp3) is 0.263. The Bertz CT molecular complexity index is 1080. The van der Waals surface area contributed by atoms with Crippen LogP contribution in [0.3, 0.4) is 0 Å². The lowest BCUT2D eigenvalue weighted by molar-refractivity contribution is -0.137. The zero-order chi connectivity index (χ0) is 22.6. The first kappa shape index (κ1) is 22.7. The lowest BCUT2D eigenvalue weighted by Gasteiger charge is -2.26. The molecule has 12 heteroatoms. The van der Waals surface area contributed by atoms with Crippen molar-refractivity contribution in [2.75, 3.05) is 18.4 Å². The average Bonchev–Trinajstić information content (AvgIpc) is 2.74. The second-order valence-corrected chi connectivity index (χ2v) is 8.54. The highest BCUT2D eigenvalue weighted by Gasteiger charge is 2.33. The van der Waals surface area contributed by atoms with Crippen LogP contribution in [0.5, 0.6) is 0 Å². The third-order valence-corrected chi connectivity index (χ3v) is 6.34. The predicted octanol–water partition coefficient (Wildman–Crippen LogP) is 4.23. The fourth-order valence-corrected chi connectivity index (χ4v) is 4.33. The molecule has 1 aliphatic heterocycles. The van der Waals surface area contributed by atoms with Crippen LogP contribution in [0.15, 0.2) is 58.6 Å². The molecular formula is C19H17F4N3O4S. The number of hydrogen-bond acceptors (Lipinski definition) is 5. The van der Waals surface area contributed by atoms with Gasteiger partial charge >= 0.3 is 12.3 Å². The van der Waals surface area contributed by atoms with E-state index in [1.807, 2.05) is 0 Å². The van der Waals surface area contributed by atoms with Gasteiger partial charge in [0.2, 0.25) is 10.0 Å². The Morgan fingerprint density at radius 1 is 1.06 bits per heavy atom. The van der Waals surface area contributed by atoms with Crippen molar-refractivity contribution >= 4 is 27.5 Å². The summed E-state index contributed by atoms with van der Waals surface area (Å²) >= 11 is 0. The van der Waals surface area contributed by atoms with Crippen LogP contribution in [0.1, 0.15) is 18.4 Å². The molecule has 7 nitrogen and oxygen atoms in total. The van der Waals surface area contributed by atoms with Crippen molar-refractivity contribution in [3.8, 4) is 0 Å². The van der Waals surface area contributed by atoms with Gasteiger partial charge in [-0.2, -0.15) is 17.5 Å². The van der Waals surface area contributed by atoms with Gasteiger partial charge in [-0.05, 0) is 42.5 Å². The van der Waals surface area contributed by atoms with Gasteiger partial charge in [-0.1, -0.05) is 11.2 Å². The number of sulfonamides is 1. The highest BCUT2D eigenvalue weighted by atomic mass is 32.2. The van der Waals surface area contributed by atoms with Crippen molar-refractivity contribution in [3.63, 3.8) is 0 Å².